The fraction of sp³-hybridized carbons (Fsp3) is 0.0800. The summed E-state index contributed by atoms with van der Waals surface area (Å²) in [4.78, 5) is 15.0. The average molecular weight is 393 g/mol. The number of carbonyl (C=O) groups is 1. The Bertz CT molecular complexity index is 1240. The summed E-state index contributed by atoms with van der Waals surface area (Å²) in [7, 11) is 0. The maximum Gasteiger partial charge on any atom is 0.254 e. The number of nitriles is 1. The molecule has 1 aromatic heterocycles. The van der Waals surface area contributed by atoms with Gasteiger partial charge in [0.25, 0.3) is 5.91 Å². The van der Waals surface area contributed by atoms with Crippen molar-refractivity contribution >= 4 is 16.8 Å². The van der Waals surface area contributed by atoms with Gasteiger partial charge in [0, 0.05) is 24.2 Å². The smallest absolute Gasteiger partial charge is 0.254 e. The van der Waals surface area contributed by atoms with Crippen LogP contribution in [0.2, 0.25) is 0 Å². The zero-order chi connectivity index (χ0) is 20.9. The van der Waals surface area contributed by atoms with Crippen LogP contribution in [-0.4, -0.2) is 22.5 Å². The Kier molecular flexibility index (Phi) is 5.40. The molecule has 146 valence electrons. The molecule has 0 unspecified atom stereocenters. The van der Waals surface area contributed by atoms with E-state index in [1.54, 1.807) is 35.2 Å². The molecule has 0 N–H and O–H groups in total. The van der Waals surface area contributed by atoms with Crippen molar-refractivity contribution in [1.29, 1.82) is 5.26 Å². The lowest BCUT2D eigenvalue weighted by atomic mass is 10.1. The number of benzene rings is 3. The number of rotatable bonds is 6. The Morgan fingerprint density at radius 1 is 1.10 bits per heavy atom. The van der Waals surface area contributed by atoms with Gasteiger partial charge in [-0.15, -0.1) is 6.58 Å². The standard InChI is InChI=1S/C25H19N3O2/c1-2-14-28(17-19-10-8-18(16-26)9-11-19)25(29)21-12-13-23-22(15-21)24(30-27-23)20-6-4-3-5-7-20/h2-13,15H,1,14,17H2. The molecule has 0 atom stereocenters. The van der Waals surface area contributed by atoms with Gasteiger partial charge in [0.1, 0.15) is 5.52 Å². The summed E-state index contributed by atoms with van der Waals surface area (Å²) >= 11 is 0. The summed E-state index contributed by atoms with van der Waals surface area (Å²) < 4.78 is 5.54. The van der Waals surface area contributed by atoms with E-state index in [-0.39, 0.29) is 5.91 Å². The lowest BCUT2D eigenvalue weighted by Crippen LogP contribution is -2.30. The van der Waals surface area contributed by atoms with Gasteiger partial charge in [-0.3, -0.25) is 4.79 Å². The first-order valence-corrected chi connectivity index (χ1v) is 9.53. The highest BCUT2D eigenvalue weighted by molar-refractivity contribution is 6.01. The van der Waals surface area contributed by atoms with Crippen molar-refractivity contribution in [2.45, 2.75) is 6.54 Å². The third kappa shape index (κ3) is 3.85. The second-order valence-electron chi connectivity index (χ2n) is 6.89. The predicted molar refractivity (Wildman–Crippen MR) is 116 cm³/mol. The summed E-state index contributed by atoms with van der Waals surface area (Å²) in [5, 5.41) is 13.9. The summed E-state index contributed by atoms with van der Waals surface area (Å²) in [5.41, 5.74) is 3.70. The zero-order valence-corrected chi connectivity index (χ0v) is 16.3. The van der Waals surface area contributed by atoms with Gasteiger partial charge in [-0.25, -0.2) is 0 Å². The van der Waals surface area contributed by atoms with Crippen LogP contribution in [0.15, 0.2) is 90.0 Å². The topological polar surface area (TPSA) is 70.1 Å². The van der Waals surface area contributed by atoms with E-state index in [1.165, 1.54) is 0 Å². The van der Waals surface area contributed by atoms with E-state index in [1.807, 2.05) is 48.5 Å². The van der Waals surface area contributed by atoms with E-state index in [9.17, 15) is 4.79 Å². The molecule has 0 spiro atoms. The molecule has 1 heterocycles. The number of fused-ring (bicyclic) bond motifs is 1. The van der Waals surface area contributed by atoms with Crippen LogP contribution in [-0.2, 0) is 6.54 Å². The molecule has 5 heteroatoms. The minimum absolute atomic E-state index is 0.110. The third-order valence-electron chi connectivity index (χ3n) is 4.85. The van der Waals surface area contributed by atoms with Crippen LogP contribution in [0.5, 0.6) is 0 Å². The summed E-state index contributed by atoms with van der Waals surface area (Å²) in [6.07, 6.45) is 1.70. The van der Waals surface area contributed by atoms with E-state index < -0.39 is 0 Å². The average Bonchev–Trinajstić information content (AvgIpc) is 3.22. The van der Waals surface area contributed by atoms with Gasteiger partial charge in [0.05, 0.1) is 17.0 Å². The monoisotopic (exact) mass is 393 g/mol. The highest BCUT2D eigenvalue weighted by Gasteiger charge is 2.18. The predicted octanol–water partition coefficient (Wildman–Crippen LogP) is 5.19. The molecule has 0 saturated carbocycles. The number of aromatic nitrogens is 1. The molecule has 4 rings (SSSR count). The molecule has 1 amide bonds. The number of hydrogen-bond donors (Lipinski definition) is 0. The lowest BCUT2D eigenvalue weighted by Gasteiger charge is -2.21. The molecular weight excluding hydrogens is 374 g/mol. The van der Waals surface area contributed by atoms with Gasteiger partial charge in [-0.05, 0) is 35.9 Å². The first kappa shape index (κ1) is 19.2. The summed E-state index contributed by atoms with van der Waals surface area (Å²) in [6, 6.07) is 24.4. The quantitative estimate of drug-likeness (QED) is 0.423. The van der Waals surface area contributed by atoms with Gasteiger partial charge in [-0.1, -0.05) is 53.7 Å². The zero-order valence-electron chi connectivity index (χ0n) is 16.3. The van der Waals surface area contributed by atoms with Crippen molar-refractivity contribution in [3.63, 3.8) is 0 Å². The molecule has 0 bridgehead atoms. The minimum atomic E-state index is -0.110. The van der Waals surface area contributed by atoms with Gasteiger partial charge < -0.3 is 9.42 Å². The van der Waals surface area contributed by atoms with Crippen molar-refractivity contribution in [2.75, 3.05) is 6.54 Å². The Morgan fingerprint density at radius 2 is 1.87 bits per heavy atom. The van der Waals surface area contributed by atoms with Crippen LogP contribution < -0.4 is 0 Å². The molecule has 0 aliphatic carbocycles. The first-order valence-electron chi connectivity index (χ1n) is 9.53. The molecule has 4 aromatic rings. The summed E-state index contributed by atoms with van der Waals surface area (Å²) in [5.74, 6) is 0.531. The van der Waals surface area contributed by atoms with Gasteiger partial charge in [0.15, 0.2) is 5.76 Å². The number of carbonyl (C=O) groups excluding carboxylic acids is 1. The molecule has 0 saturated heterocycles. The Balaban J connectivity index is 1.65. The minimum Gasteiger partial charge on any atom is -0.355 e. The van der Waals surface area contributed by atoms with E-state index in [4.69, 9.17) is 9.78 Å². The molecule has 0 aliphatic rings. The number of nitrogens with zero attached hydrogens (tertiary/aromatic N) is 3. The Morgan fingerprint density at radius 3 is 2.57 bits per heavy atom. The normalized spacial score (nSPS) is 10.5. The molecular formula is C25H19N3O2. The largest absolute Gasteiger partial charge is 0.355 e. The molecule has 3 aromatic carbocycles. The highest BCUT2D eigenvalue weighted by Crippen LogP contribution is 2.29. The maximum atomic E-state index is 13.3. The molecule has 30 heavy (non-hydrogen) atoms. The van der Waals surface area contributed by atoms with E-state index >= 15 is 0 Å². The van der Waals surface area contributed by atoms with Crippen molar-refractivity contribution in [3.05, 3.63) is 102 Å². The molecule has 0 radical (unpaired) electrons. The SMILES string of the molecule is C=CCN(Cc1ccc(C#N)cc1)C(=O)c1ccc2noc(-c3ccccc3)c2c1. The van der Waals surface area contributed by atoms with Crippen LogP contribution in [0.25, 0.3) is 22.2 Å². The van der Waals surface area contributed by atoms with Gasteiger partial charge in [0.2, 0.25) is 0 Å². The summed E-state index contributed by atoms with van der Waals surface area (Å²) in [6.45, 7) is 4.61. The third-order valence-corrected chi connectivity index (χ3v) is 4.85. The van der Waals surface area contributed by atoms with Crippen molar-refractivity contribution < 1.29 is 9.32 Å². The van der Waals surface area contributed by atoms with Crippen LogP contribution in [0.3, 0.4) is 0 Å². The number of hydrogen-bond acceptors (Lipinski definition) is 4. The fourth-order valence-corrected chi connectivity index (χ4v) is 3.34. The Labute approximate surface area is 174 Å². The van der Waals surface area contributed by atoms with E-state index in [0.29, 0.717) is 35.5 Å². The maximum absolute atomic E-state index is 13.3. The molecule has 5 nitrogen and oxygen atoms in total. The van der Waals surface area contributed by atoms with Crippen molar-refractivity contribution in [1.82, 2.24) is 10.1 Å². The second-order valence-corrected chi connectivity index (χ2v) is 6.89. The van der Waals surface area contributed by atoms with E-state index in [0.717, 1.165) is 16.5 Å². The van der Waals surface area contributed by atoms with Crippen LogP contribution in [0, 0.1) is 11.3 Å². The highest BCUT2D eigenvalue weighted by atomic mass is 16.5. The molecule has 0 aliphatic heterocycles. The van der Waals surface area contributed by atoms with Crippen LogP contribution >= 0.6 is 0 Å². The fourth-order valence-electron chi connectivity index (χ4n) is 3.34. The lowest BCUT2D eigenvalue weighted by molar-refractivity contribution is 0.0763. The first-order chi connectivity index (χ1) is 14.7. The van der Waals surface area contributed by atoms with Crippen molar-refractivity contribution in [3.8, 4) is 17.4 Å². The van der Waals surface area contributed by atoms with Gasteiger partial charge in [-0.2, -0.15) is 5.26 Å². The van der Waals surface area contributed by atoms with Crippen LogP contribution in [0.1, 0.15) is 21.5 Å². The van der Waals surface area contributed by atoms with Crippen LogP contribution in [0.4, 0.5) is 0 Å². The Hall–Kier alpha value is -4.17. The van der Waals surface area contributed by atoms with Crippen molar-refractivity contribution in [2.24, 2.45) is 0 Å². The second kappa shape index (κ2) is 8.46. The number of amides is 1. The van der Waals surface area contributed by atoms with Gasteiger partial charge >= 0.3 is 0 Å². The molecule has 0 fully saturated rings. The van der Waals surface area contributed by atoms with E-state index in [2.05, 4.69) is 17.8 Å².